The van der Waals surface area contributed by atoms with E-state index >= 15 is 0 Å². The number of hydrogen-bond donors (Lipinski definition) is 1. The minimum Gasteiger partial charge on any atom is -0.497 e. The fraction of sp³-hybridized carbons (Fsp3) is 0.261. The van der Waals surface area contributed by atoms with E-state index in [1.54, 1.807) is 43.4 Å². The lowest BCUT2D eigenvalue weighted by molar-refractivity contribution is 0.208. The van der Waals surface area contributed by atoms with Gasteiger partial charge in [-0.05, 0) is 12.1 Å². The second-order valence-corrected chi connectivity index (χ2v) is 7.28. The maximum absolute atomic E-state index is 13.6. The van der Waals surface area contributed by atoms with Gasteiger partial charge in [0.2, 0.25) is 0 Å². The molecule has 9 heteroatoms. The number of aromatic nitrogens is 2. The Labute approximate surface area is 185 Å². The van der Waals surface area contributed by atoms with Crippen molar-refractivity contribution in [1.82, 2.24) is 14.9 Å². The van der Waals surface area contributed by atoms with Crippen molar-refractivity contribution in [2.75, 3.05) is 50.6 Å². The summed E-state index contributed by atoms with van der Waals surface area (Å²) in [5.74, 6) is 1.64. The van der Waals surface area contributed by atoms with Gasteiger partial charge in [-0.25, -0.2) is 19.2 Å². The Bertz CT molecular complexity index is 1080. The number of carbonyl (C=O) groups is 1. The highest BCUT2D eigenvalue weighted by atomic mass is 19.1. The molecule has 1 aromatic heterocycles. The number of anilines is 2. The van der Waals surface area contributed by atoms with Crippen molar-refractivity contribution in [2.45, 2.75) is 0 Å². The fourth-order valence-electron chi connectivity index (χ4n) is 3.55. The highest BCUT2D eigenvalue weighted by Gasteiger charge is 2.22. The van der Waals surface area contributed by atoms with Gasteiger partial charge >= 0.3 is 6.03 Å². The van der Waals surface area contributed by atoms with Gasteiger partial charge in [-0.15, -0.1) is 0 Å². The molecule has 8 nitrogen and oxygen atoms in total. The van der Waals surface area contributed by atoms with Crippen LogP contribution in [0.25, 0.3) is 11.3 Å². The number of nitrogens with one attached hydrogen (secondary N) is 1. The number of carbonyl (C=O) groups excluding carboxylic acids is 1. The Kier molecular flexibility index (Phi) is 6.34. The average Bonchev–Trinajstić information content (AvgIpc) is 2.84. The van der Waals surface area contributed by atoms with Crippen LogP contribution in [-0.2, 0) is 0 Å². The predicted octanol–water partition coefficient (Wildman–Crippen LogP) is 3.65. The third-order valence-electron chi connectivity index (χ3n) is 5.27. The van der Waals surface area contributed by atoms with Crippen molar-refractivity contribution in [3.8, 4) is 22.8 Å². The standard InChI is InChI=1S/C23H24FN5O3/c1-31-19-11-18(12-20(13-19)32-2)27-23(30)29-8-6-28(7-9-29)22-14-21(25-15-26-22)16-4-3-5-17(24)10-16/h3-5,10-15H,6-9H2,1-2H3,(H,27,30). The first-order valence-electron chi connectivity index (χ1n) is 10.2. The molecule has 2 heterocycles. The van der Waals surface area contributed by atoms with Gasteiger partial charge in [-0.3, -0.25) is 0 Å². The van der Waals surface area contributed by atoms with Crippen molar-refractivity contribution in [3.63, 3.8) is 0 Å². The summed E-state index contributed by atoms with van der Waals surface area (Å²) in [5.41, 5.74) is 1.95. The second kappa shape index (κ2) is 9.51. The number of piperazine rings is 1. The van der Waals surface area contributed by atoms with Crippen LogP contribution in [0.2, 0.25) is 0 Å². The topological polar surface area (TPSA) is 79.8 Å². The summed E-state index contributed by atoms with van der Waals surface area (Å²) in [6.45, 7) is 2.31. The Morgan fingerprint density at radius 3 is 2.34 bits per heavy atom. The maximum atomic E-state index is 13.6. The van der Waals surface area contributed by atoms with Crippen molar-refractivity contribution < 1.29 is 18.7 Å². The second-order valence-electron chi connectivity index (χ2n) is 7.28. The van der Waals surface area contributed by atoms with Crippen LogP contribution in [0.3, 0.4) is 0 Å². The Morgan fingerprint density at radius 1 is 0.969 bits per heavy atom. The molecule has 2 aromatic carbocycles. The first-order valence-corrected chi connectivity index (χ1v) is 10.2. The van der Waals surface area contributed by atoms with E-state index in [9.17, 15) is 9.18 Å². The summed E-state index contributed by atoms with van der Waals surface area (Å²) in [4.78, 5) is 25.2. The molecule has 0 saturated carbocycles. The minimum atomic E-state index is -0.309. The van der Waals surface area contributed by atoms with Crippen LogP contribution in [0.5, 0.6) is 11.5 Å². The van der Waals surface area contributed by atoms with E-state index in [0.29, 0.717) is 54.6 Å². The van der Waals surface area contributed by atoms with Crippen LogP contribution in [0.4, 0.5) is 20.7 Å². The Morgan fingerprint density at radius 2 is 1.69 bits per heavy atom. The lowest BCUT2D eigenvalue weighted by Gasteiger charge is -2.35. The number of urea groups is 1. The lowest BCUT2D eigenvalue weighted by Crippen LogP contribution is -2.50. The summed E-state index contributed by atoms with van der Waals surface area (Å²) in [7, 11) is 3.12. The zero-order chi connectivity index (χ0) is 22.5. The van der Waals surface area contributed by atoms with E-state index in [1.165, 1.54) is 18.5 Å². The van der Waals surface area contributed by atoms with Crippen LogP contribution in [0.15, 0.2) is 54.9 Å². The summed E-state index contributed by atoms with van der Waals surface area (Å²) >= 11 is 0. The van der Waals surface area contributed by atoms with Crippen molar-refractivity contribution in [3.05, 3.63) is 60.7 Å². The Balaban J connectivity index is 1.39. The molecule has 32 heavy (non-hydrogen) atoms. The SMILES string of the molecule is COc1cc(NC(=O)N2CCN(c3cc(-c4cccc(F)c4)ncn3)CC2)cc(OC)c1. The molecule has 1 saturated heterocycles. The minimum absolute atomic E-state index is 0.192. The molecule has 1 aliphatic rings. The van der Waals surface area contributed by atoms with E-state index in [0.717, 1.165) is 5.82 Å². The van der Waals surface area contributed by atoms with E-state index in [2.05, 4.69) is 20.2 Å². The largest absolute Gasteiger partial charge is 0.497 e. The number of halogens is 1. The van der Waals surface area contributed by atoms with Gasteiger partial charge in [0.15, 0.2) is 0 Å². The van der Waals surface area contributed by atoms with Crippen molar-refractivity contribution in [1.29, 1.82) is 0 Å². The number of amides is 2. The van der Waals surface area contributed by atoms with E-state index in [-0.39, 0.29) is 11.8 Å². The molecular formula is C23H24FN5O3. The number of ether oxygens (including phenoxy) is 2. The number of nitrogens with zero attached hydrogens (tertiary/aromatic N) is 4. The molecule has 166 valence electrons. The molecule has 0 bridgehead atoms. The summed E-state index contributed by atoms with van der Waals surface area (Å²) in [5, 5.41) is 2.90. The molecular weight excluding hydrogens is 413 g/mol. The number of rotatable bonds is 5. The summed E-state index contributed by atoms with van der Waals surface area (Å²) in [6.07, 6.45) is 1.48. The lowest BCUT2D eigenvalue weighted by atomic mass is 10.1. The molecule has 1 N–H and O–H groups in total. The fourth-order valence-corrected chi connectivity index (χ4v) is 3.55. The number of hydrogen-bond acceptors (Lipinski definition) is 6. The molecule has 2 amide bonds. The van der Waals surface area contributed by atoms with Gasteiger partial charge in [0.25, 0.3) is 0 Å². The van der Waals surface area contributed by atoms with Gasteiger partial charge < -0.3 is 24.6 Å². The number of methoxy groups -OCH3 is 2. The smallest absolute Gasteiger partial charge is 0.321 e. The highest BCUT2D eigenvalue weighted by molar-refractivity contribution is 5.90. The zero-order valence-corrected chi connectivity index (χ0v) is 17.9. The normalized spacial score (nSPS) is 13.6. The summed E-state index contributed by atoms with van der Waals surface area (Å²) in [6, 6.07) is 13.2. The quantitative estimate of drug-likeness (QED) is 0.656. The Hall–Kier alpha value is -3.88. The third-order valence-corrected chi connectivity index (χ3v) is 5.27. The molecule has 0 atom stereocenters. The molecule has 4 rings (SSSR count). The van der Waals surface area contributed by atoms with Crippen LogP contribution in [0.1, 0.15) is 0 Å². The number of benzene rings is 2. The molecule has 3 aromatic rings. The van der Waals surface area contributed by atoms with E-state index in [4.69, 9.17) is 9.47 Å². The molecule has 1 aliphatic heterocycles. The average molecular weight is 437 g/mol. The monoisotopic (exact) mass is 437 g/mol. The van der Waals surface area contributed by atoms with Gasteiger partial charge in [0, 0.05) is 61.7 Å². The first kappa shape index (κ1) is 21.4. The molecule has 0 spiro atoms. The summed E-state index contributed by atoms with van der Waals surface area (Å²) < 4.78 is 24.1. The molecule has 1 fully saturated rings. The zero-order valence-electron chi connectivity index (χ0n) is 17.9. The molecule has 0 unspecified atom stereocenters. The van der Waals surface area contributed by atoms with Crippen LogP contribution >= 0.6 is 0 Å². The maximum Gasteiger partial charge on any atom is 0.321 e. The van der Waals surface area contributed by atoms with E-state index < -0.39 is 0 Å². The third kappa shape index (κ3) is 4.88. The van der Waals surface area contributed by atoms with Crippen LogP contribution in [0, 0.1) is 5.82 Å². The highest BCUT2D eigenvalue weighted by Crippen LogP contribution is 2.26. The van der Waals surface area contributed by atoms with Crippen molar-refractivity contribution >= 4 is 17.5 Å². The predicted molar refractivity (Wildman–Crippen MR) is 120 cm³/mol. The first-order chi connectivity index (χ1) is 15.6. The molecule has 0 aliphatic carbocycles. The van der Waals surface area contributed by atoms with Gasteiger partial charge in [-0.2, -0.15) is 0 Å². The van der Waals surface area contributed by atoms with Crippen LogP contribution < -0.4 is 19.7 Å². The van der Waals surface area contributed by atoms with Crippen LogP contribution in [-0.4, -0.2) is 61.3 Å². The van der Waals surface area contributed by atoms with Gasteiger partial charge in [0.05, 0.1) is 19.9 Å². The van der Waals surface area contributed by atoms with Gasteiger partial charge in [-0.1, -0.05) is 12.1 Å². The van der Waals surface area contributed by atoms with Gasteiger partial charge in [0.1, 0.15) is 29.5 Å². The van der Waals surface area contributed by atoms with E-state index in [1.807, 2.05) is 12.1 Å². The van der Waals surface area contributed by atoms with Crippen molar-refractivity contribution in [2.24, 2.45) is 0 Å². The molecule has 0 radical (unpaired) electrons.